The second kappa shape index (κ2) is 5.63. The van der Waals surface area contributed by atoms with Crippen molar-refractivity contribution in [2.24, 2.45) is 5.10 Å². The number of rotatable bonds is 3. The third-order valence-corrected chi connectivity index (χ3v) is 3.16. The first-order chi connectivity index (χ1) is 9.83. The van der Waals surface area contributed by atoms with E-state index in [4.69, 9.17) is 12.2 Å². The molecule has 0 aliphatic rings. The molecule has 0 spiro atoms. The van der Waals surface area contributed by atoms with E-state index in [1.807, 2.05) is 30.3 Å². The molecule has 0 aliphatic heterocycles. The monoisotopic (exact) mass is 280 g/mol. The summed E-state index contributed by atoms with van der Waals surface area (Å²) >= 11 is 5.02. The largest absolute Gasteiger partial charge is 0.250 e. The third kappa shape index (κ3) is 2.73. The van der Waals surface area contributed by atoms with Gasteiger partial charge in [0.2, 0.25) is 4.77 Å². The van der Waals surface area contributed by atoms with Crippen LogP contribution in [0.5, 0.6) is 0 Å². The highest BCUT2D eigenvalue weighted by molar-refractivity contribution is 7.71. The first-order valence-electron chi connectivity index (χ1n) is 6.15. The summed E-state index contributed by atoms with van der Waals surface area (Å²) in [4.78, 5) is 0. The van der Waals surface area contributed by atoms with Crippen LogP contribution in [0.1, 0.15) is 5.56 Å². The number of benzene rings is 2. The fourth-order valence-corrected chi connectivity index (χ4v) is 1.99. The molecular weight excluding hydrogens is 268 g/mol. The zero-order valence-electron chi connectivity index (χ0n) is 10.6. The van der Waals surface area contributed by atoms with Crippen LogP contribution in [0.2, 0.25) is 0 Å². The molecule has 1 N–H and O–H groups in total. The topological polar surface area (TPSA) is 46.0 Å². The Hall–Kier alpha value is -2.53. The van der Waals surface area contributed by atoms with E-state index < -0.39 is 0 Å². The van der Waals surface area contributed by atoms with E-state index in [0.717, 1.165) is 5.56 Å². The van der Waals surface area contributed by atoms with Gasteiger partial charge in [0.1, 0.15) is 6.33 Å². The van der Waals surface area contributed by atoms with Crippen LogP contribution in [-0.2, 0) is 0 Å². The second-order valence-corrected chi connectivity index (χ2v) is 4.63. The third-order valence-electron chi connectivity index (χ3n) is 2.88. The average Bonchev–Trinajstić information content (AvgIpc) is 2.92. The van der Waals surface area contributed by atoms with E-state index >= 15 is 0 Å². The maximum Gasteiger partial charge on any atom is 0.216 e. The Morgan fingerprint density at radius 2 is 1.70 bits per heavy atom. The van der Waals surface area contributed by atoms with Crippen molar-refractivity contribution in [1.29, 1.82) is 0 Å². The van der Waals surface area contributed by atoms with Gasteiger partial charge in [0, 0.05) is 0 Å². The summed E-state index contributed by atoms with van der Waals surface area (Å²) < 4.78 is 1.99. The molecule has 0 radical (unpaired) electrons. The molecule has 0 atom stereocenters. The Bertz CT molecular complexity index is 769. The van der Waals surface area contributed by atoms with E-state index in [-0.39, 0.29) is 0 Å². The Labute approximate surface area is 121 Å². The molecule has 0 bridgehead atoms. The molecule has 3 rings (SSSR count). The summed E-state index contributed by atoms with van der Waals surface area (Å²) in [6, 6.07) is 18.5. The van der Waals surface area contributed by atoms with E-state index in [1.165, 1.54) is 22.1 Å². The minimum Gasteiger partial charge on any atom is -0.250 e. The molecule has 0 saturated carbocycles. The van der Waals surface area contributed by atoms with Gasteiger partial charge in [-0.05, 0) is 28.9 Å². The molecule has 4 nitrogen and oxygen atoms in total. The quantitative estimate of drug-likeness (QED) is 0.589. The second-order valence-electron chi connectivity index (χ2n) is 4.24. The summed E-state index contributed by atoms with van der Waals surface area (Å²) in [5.74, 6) is 0. The van der Waals surface area contributed by atoms with Crippen molar-refractivity contribution in [1.82, 2.24) is 14.9 Å². The minimum atomic E-state index is 0.474. The molecule has 2 aromatic carbocycles. The van der Waals surface area contributed by atoms with Crippen LogP contribution in [0.15, 0.2) is 66.0 Å². The van der Waals surface area contributed by atoms with Gasteiger partial charge in [0.15, 0.2) is 0 Å². The standard InChI is InChI=1S/C15H12N4S/c20-15-18-16-11-19(15)17-10-12-6-8-14(9-7-12)13-4-2-1-3-5-13/h1-11H,(H,18,20)/b17-10-. The maximum atomic E-state index is 5.02. The van der Waals surface area contributed by atoms with Crippen molar-refractivity contribution in [3.63, 3.8) is 0 Å². The highest BCUT2D eigenvalue weighted by Crippen LogP contribution is 2.18. The van der Waals surface area contributed by atoms with Gasteiger partial charge in [-0.25, -0.2) is 0 Å². The summed E-state index contributed by atoms with van der Waals surface area (Å²) in [7, 11) is 0. The van der Waals surface area contributed by atoms with E-state index in [2.05, 4.69) is 39.6 Å². The first kappa shape index (κ1) is 12.5. The van der Waals surface area contributed by atoms with Gasteiger partial charge in [0.25, 0.3) is 0 Å². The zero-order valence-corrected chi connectivity index (χ0v) is 11.4. The van der Waals surface area contributed by atoms with Crippen LogP contribution in [0.3, 0.4) is 0 Å². The molecule has 0 amide bonds. The van der Waals surface area contributed by atoms with Crippen LogP contribution < -0.4 is 0 Å². The molecule has 20 heavy (non-hydrogen) atoms. The van der Waals surface area contributed by atoms with Crippen molar-refractivity contribution in [2.45, 2.75) is 0 Å². The average molecular weight is 280 g/mol. The van der Waals surface area contributed by atoms with Gasteiger partial charge in [-0.1, -0.05) is 54.6 Å². The smallest absolute Gasteiger partial charge is 0.216 e. The lowest BCUT2D eigenvalue weighted by Gasteiger charge is -2.01. The highest BCUT2D eigenvalue weighted by atomic mass is 32.1. The van der Waals surface area contributed by atoms with Gasteiger partial charge in [-0.15, -0.1) is 0 Å². The normalized spacial score (nSPS) is 11.0. The number of aromatic nitrogens is 3. The maximum absolute atomic E-state index is 5.02. The molecule has 0 saturated heterocycles. The Morgan fingerprint density at radius 1 is 1.00 bits per heavy atom. The number of aromatic amines is 1. The molecule has 0 fully saturated rings. The molecule has 98 valence electrons. The van der Waals surface area contributed by atoms with Crippen molar-refractivity contribution >= 4 is 18.4 Å². The lowest BCUT2D eigenvalue weighted by atomic mass is 10.0. The van der Waals surface area contributed by atoms with Crippen molar-refractivity contribution in [3.8, 4) is 11.1 Å². The van der Waals surface area contributed by atoms with E-state index in [1.54, 1.807) is 6.21 Å². The molecule has 0 aliphatic carbocycles. The summed E-state index contributed by atoms with van der Waals surface area (Å²) in [6.07, 6.45) is 3.29. The van der Waals surface area contributed by atoms with Gasteiger partial charge >= 0.3 is 0 Å². The van der Waals surface area contributed by atoms with E-state index in [0.29, 0.717) is 4.77 Å². The predicted octanol–water partition coefficient (Wildman–Crippen LogP) is 3.49. The lowest BCUT2D eigenvalue weighted by molar-refractivity contribution is 0.863. The zero-order chi connectivity index (χ0) is 13.8. The fraction of sp³-hybridized carbons (Fsp3) is 0. The van der Waals surface area contributed by atoms with Gasteiger partial charge in [-0.2, -0.15) is 14.9 Å². The Balaban J connectivity index is 1.82. The molecule has 3 aromatic rings. The molecular formula is C15H12N4S. The predicted molar refractivity (Wildman–Crippen MR) is 82.3 cm³/mol. The molecule has 1 aromatic heterocycles. The fourth-order valence-electron chi connectivity index (χ4n) is 1.85. The van der Waals surface area contributed by atoms with Crippen molar-refractivity contribution < 1.29 is 0 Å². The van der Waals surface area contributed by atoms with Crippen LogP contribution in [0.25, 0.3) is 11.1 Å². The van der Waals surface area contributed by atoms with Gasteiger partial charge in [-0.3, -0.25) is 5.10 Å². The van der Waals surface area contributed by atoms with Crippen LogP contribution in [-0.4, -0.2) is 21.1 Å². The Morgan fingerprint density at radius 3 is 2.35 bits per heavy atom. The minimum absolute atomic E-state index is 0.474. The summed E-state index contributed by atoms with van der Waals surface area (Å²) in [5.41, 5.74) is 3.39. The number of H-pyrrole nitrogens is 1. The number of nitrogens with zero attached hydrogens (tertiary/aromatic N) is 3. The Kier molecular flexibility index (Phi) is 3.52. The lowest BCUT2D eigenvalue weighted by Crippen LogP contribution is -1.89. The molecule has 5 heteroatoms. The summed E-state index contributed by atoms with van der Waals surface area (Å²) in [6.45, 7) is 0. The highest BCUT2D eigenvalue weighted by Gasteiger charge is 1.96. The SMILES string of the molecule is S=c1[nH]ncn1/N=C\c1ccc(-c2ccccc2)cc1. The molecule has 0 unspecified atom stereocenters. The van der Waals surface area contributed by atoms with Gasteiger partial charge in [0.05, 0.1) is 6.21 Å². The molecule has 1 heterocycles. The first-order valence-corrected chi connectivity index (χ1v) is 6.55. The summed E-state index contributed by atoms with van der Waals surface area (Å²) in [5, 5.41) is 10.7. The number of nitrogens with one attached hydrogen (secondary N) is 1. The number of hydrogen-bond donors (Lipinski definition) is 1. The number of hydrogen-bond acceptors (Lipinski definition) is 3. The van der Waals surface area contributed by atoms with Crippen LogP contribution in [0.4, 0.5) is 0 Å². The van der Waals surface area contributed by atoms with Gasteiger partial charge < -0.3 is 0 Å². The van der Waals surface area contributed by atoms with Crippen molar-refractivity contribution in [2.75, 3.05) is 0 Å². The van der Waals surface area contributed by atoms with Crippen LogP contribution >= 0.6 is 12.2 Å². The van der Waals surface area contributed by atoms with E-state index in [9.17, 15) is 0 Å². The van der Waals surface area contributed by atoms with Crippen LogP contribution in [0, 0.1) is 4.77 Å². The van der Waals surface area contributed by atoms with Crippen molar-refractivity contribution in [3.05, 3.63) is 71.3 Å².